The Balaban J connectivity index is 0.00000107. The van der Waals surface area contributed by atoms with Crippen molar-refractivity contribution in [1.82, 2.24) is 9.97 Å². The first-order chi connectivity index (χ1) is 47.2. The highest BCUT2D eigenvalue weighted by atomic mass is 16.3. The third-order valence-corrected chi connectivity index (χ3v) is 14.2. The van der Waals surface area contributed by atoms with E-state index in [1.807, 2.05) is 60.7 Å². The van der Waals surface area contributed by atoms with E-state index in [1.54, 1.807) is 18.5 Å². The zero-order valence-corrected chi connectivity index (χ0v) is 61.1. The number of para-hydroxylation sites is 1. The van der Waals surface area contributed by atoms with Gasteiger partial charge in [-0.25, -0.2) is 4.85 Å². The maximum atomic E-state index is 9.13. The first-order valence-corrected chi connectivity index (χ1v) is 36.1. The summed E-state index contributed by atoms with van der Waals surface area (Å²) in [6.07, 6.45) is 71.2. The molecule has 1 aliphatic rings. The van der Waals surface area contributed by atoms with Crippen LogP contribution in [-0.4, -0.2) is 33.4 Å². The van der Waals surface area contributed by atoms with Crippen LogP contribution >= 0.6 is 0 Å². The Bertz CT molecular complexity index is 3110. The molecular formula is C91H125N3O2. The fourth-order valence-electron chi connectivity index (χ4n) is 8.82. The van der Waals surface area contributed by atoms with Crippen LogP contribution in [0.15, 0.2) is 255 Å². The van der Waals surface area contributed by atoms with Crippen molar-refractivity contribution in [3.8, 4) is 0 Å². The Morgan fingerprint density at radius 1 is 0.427 bits per heavy atom. The number of aromatic amines is 1. The lowest BCUT2D eigenvalue weighted by Gasteiger charge is -2.07. The number of pyridine rings is 1. The normalized spacial score (nSPS) is 12.4. The smallest absolute Gasteiger partial charge is 0.187 e. The molecule has 516 valence electrons. The minimum Gasteiger partial charge on any atom is -0.392 e. The fraction of sp³-hybridized carbons (Fsp3) is 0.363. The van der Waals surface area contributed by atoms with Crippen LogP contribution in [0.3, 0.4) is 0 Å². The second kappa shape index (κ2) is 68.0. The van der Waals surface area contributed by atoms with Crippen molar-refractivity contribution < 1.29 is 10.2 Å². The Morgan fingerprint density at radius 2 is 0.854 bits per heavy atom. The van der Waals surface area contributed by atoms with Crippen molar-refractivity contribution in [3.63, 3.8) is 0 Å². The topological polar surface area (TPSA) is 73.5 Å². The molecule has 96 heavy (non-hydrogen) atoms. The number of aryl methyl sites for hydroxylation is 1. The summed E-state index contributed by atoms with van der Waals surface area (Å²) in [5.41, 5.74) is 12.1. The van der Waals surface area contributed by atoms with Gasteiger partial charge in [-0.2, -0.15) is 0 Å². The van der Waals surface area contributed by atoms with E-state index in [-0.39, 0.29) is 13.2 Å². The van der Waals surface area contributed by atoms with Crippen molar-refractivity contribution in [3.05, 3.63) is 305 Å². The second-order valence-corrected chi connectivity index (χ2v) is 22.7. The van der Waals surface area contributed by atoms with E-state index in [4.69, 9.17) is 16.8 Å². The maximum absolute atomic E-state index is 9.13. The number of allylic oxidation sites excluding steroid dienone is 13. The van der Waals surface area contributed by atoms with Crippen molar-refractivity contribution in [1.29, 1.82) is 0 Å². The summed E-state index contributed by atoms with van der Waals surface area (Å²) in [7, 11) is 0. The SMILES string of the molecule is CC/C=C/C/C=C/CO.CC/C=C/CC.CC/C=C/Cc1ccccc1.CC/C=C/c1c[nH]c2ccccc12.CC/C=C/c1ccc(C)cc1.CC/C=C/c1ccccc1.CC/C=C/c1ccncc1.OCC1=CCCCCCCCCCC1.[C-]#[N+]c1ccc(/C=C/CC)cc1. The summed E-state index contributed by atoms with van der Waals surface area (Å²) >= 11 is 0. The van der Waals surface area contributed by atoms with Gasteiger partial charge in [-0.05, 0) is 160 Å². The average Bonchev–Trinajstić information content (AvgIpc) is 1.74. The first-order valence-electron chi connectivity index (χ1n) is 36.1. The number of aliphatic hydroxyl groups is 2. The van der Waals surface area contributed by atoms with Crippen LogP contribution in [-0.2, 0) is 6.42 Å². The van der Waals surface area contributed by atoms with Crippen LogP contribution < -0.4 is 0 Å². The van der Waals surface area contributed by atoms with Crippen LogP contribution in [0, 0.1) is 13.5 Å². The summed E-state index contributed by atoms with van der Waals surface area (Å²) in [6.45, 7) is 28.5. The van der Waals surface area contributed by atoms with Crippen molar-refractivity contribution >= 4 is 47.0 Å². The Kier molecular flexibility index (Phi) is 62.1. The molecule has 5 aromatic carbocycles. The minimum absolute atomic E-state index is 0.153. The molecule has 0 saturated heterocycles. The molecule has 0 saturated carbocycles. The molecule has 1 aliphatic carbocycles. The molecule has 0 bridgehead atoms. The third kappa shape index (κ3) is 52.9. The lowest BCUT2D eigenvalue weighted by Crippen LogP contribution is -1.92. The number of fused-ring (bicyclic) bond motifs is 1. The van der Waals surface area contributed by atoms with E-state index in [9.17, 15) is 0 Å². The number of hydrogen-bond acceptors (Lipinski definition) is 3. The Morgan fingerprint density at radius 3 is 1.36 bits per heavy atom. The van der Waals surface area contributed by atoms with Crippen LogP contribution in [0.2, 0.25) is 0 Å². The molecule has 0 fully saturated rings. The highest BCUT2D eigenvalue weighted by Gasteiger charge is 2.00. The van der Waals surface area contributed by atoms with Gasteiger partial charge in [0.2, 0.25) is 0 Å². The molecular weight excluding hydrogens is 1170 g/mol. The number of H-pyrrole nitrogens is 1. The molecule has 8 rings (SSSR count). The van der Waals surface area contributed by atoms with Crippen LogP contribution in [0.5, 0.6) is 0 Å². The van der Waals surface area contributed by atoms with Crippen LogP contribution in [0.25, 0.3) is 46.1 Å². The lowest BCUT2D eigenvalue weighted by molar-refractivity contribution is 0.324. The number of nitrogens with one attached hydrogen (secondary N) is 1. The van der Waals surface area contributed by atoms with Gasteiger partial charge in [0.25, 0.3) is 0 Å². The summed E-state index contributed by atoms with van der Waals surface area (Å²) in [5, 5.41) is 18.7. The van der Waals surface area contributed by atoms with Crippen molar-refractivity contribution in [2.75, 3.05) is 13.2 Å². The number of hydrogen-bond donors (Lipinski definition) is 3. The van der Waals surface area contributed by atoms with Gasteiger partial charge in [-0.3, -0.25) is 4.98 Å². The molecule has 7 aromatic rings. The van der Waals surface area contributed by atoms with Gasteiger partial charge in [0.15, 0.2) is 5.69 Å². The summed E-state index contributed by atoms with van der Waals surface area (Å²) in [5.74, 6) is 0. The van der Waals surface area contributed by atoms with E-state index >= 15 is 0 Å². The zero-order valence-electron chi connectivity index (χ0n) is 61.1. The van der Waals surface area contributed by atoms with Gasteiger partial charge < -0.3 is 15.2 Å². The van der Waals surface area contributed by atoms with E-state index in [0.717, 1.165) is 69.8 Å². The summed E-state index contributed by atoms with van der Waals surface area (Å²) in [4.78, 5) is 10.5. The number of rotatable bonds is 20. The molecule has 0 aliphatic heterocycles. The van der Waals surface area contributed by atoms with Crippen molar-refractivity contribution in [2.45, 2.75) is 204 Å². The summed E-state index contributed by atoms with van der Waals surface area (Å²) in [6, 6.07) is 49.3. The molecule has 0 spiro atoms. The first kappa shape index (κ1) is 87.6. The van der Waals surface area contributed by atoms with Crippen molar-refractivity contribution in [2.24, 2.45) is 0 Å². The highest BCUT2D eigenvalue weighted by Crippen LogP contribution is 2.20. The number of nitrogens with zero attached hydrogens (tertiary/aromatic N) is 2. The Hall–Kier alpha value is -8.40. The zero-order chi connectivity index (χ0) is 70.3. The number of aliphatic hydroxyl groups excluding tert-OH is 2. The summed E-state index contributed by atoms with van der Waals surface area (Å²) < 4.78 is 0. The maximum Gasteiger partial charge on any atom is 0.187 e. The Labute approximate surface area is 586 Å². The predicted molar refractivity (Wildman–Crippen MR) is 430 cm³/mol. The number of aromatic nitrogens is 2. The predicted octanol–water partition coefficient (Wildman–Crippen LogP) is 27.6. The lowest BCUT2D eigenvalue weighted by atomic mass is 10.0. The third-order valence-electron chi connectivity index (χ3n) is 14.2. The van der Waals surface area contributed by atoms with Gasteiger partial charge in [0.1, 0.15) is 0 Å². The molecule has 5 heteroatoms. The standard InChI is InChI=1S/C13H24O.C12H13N.C11H11N.2C11H14.C10H12.C9H11N.C8H14O.C6H12/c14-12-13-10-8-6-4-2-1-3-5-7-9-11-13;1-2-3-6-10-9-13-12-8-5-4-7-11(10)12;1-3-4-5-10-6-8-11(12-2)9-7-10;1-3-4-5-11-8-6-10(2)7-9-11;1-2-3-5-8-11-9-6-4-7-10-11;1-2-3-7-10-8-5-4-6-9-10;1-2-3-4-9-5-7-10-8-6-9;1-2-3-4-5-6-7-8-9;1-3-5-6-4-2/h10,14H,1-9,11-12H2;3-9,13H,2H2,1H3;4-9H,3H2,1H3;4-9H,3H2,1-2H3;3-7,9-10H,2,8H2,1H3;3-9H,2H2,1H3;3-8H,2H2,1H3;3-4,6-7,9H,2,5,8H2,1H3;5-6H,3-4H2,1-2H3/b;6-3+;2*5-4+;5-3+;7-3+;4-3+;4-3+,7-6+;6-5+. The molecule has 5 nitrogen and oxygen atoms in total. The van der Waals surface area contributed by atoms with E-state index in [1.165, 1.54) is 120 Å². The second-order valence-electron chi connectivity index (χ2n) is 22.7. The van der Waals surface area contributed by atoms with Gasteiger partial charge in [-0.1, -0.05) is 349 Å². The highest BCUT2D eigenvalue weighted by molar-refractivity contribution is 5.88. The van der Waals surface area contributed by atoms with Gasteiger partial charge in [0, 0.05) is 29.5 Å². The minimum atomic E-state index is 0.153. The quantitative estimate of drug-likeness (QED) is 0.0526. The van der Waals surface area contributed by atoms with E-state index in [0.29, 0.717) is 5.69 Å². The van der Waals surface area contributed by atoms with Crippen LogP contribution in [0.1, 0.15) is 230 Å². The van der Waals surface area contributed by atoms with E-state index in [2.05, 4.69) is 285 Å². The molecule has 0 radical (unpaired) electrons. The molecule has 0 amide bonds. The largest absolute Gasteiger partial charge is 0.392 e. The molecule has 2 heterocycles. The van der Waals surface area contributed by atoms with Gasteiger partial charge in [0.05, 0.1) is 19.8 Å². The molecule has 0 unspecified atom stereocenters. The van der Waals surface area contributed by atoms with Crippen LogP contribution in [0.4, 0.5) is 5.69 Å². The van der Waals surface area contributed by atoms with E-state index < -0.39 is 0 Å². The monoisotopic (exact) mass is 1290 g/mol. The van der Waals surface area contributed by atoms with Gasteiger partial charge in [-0.15, -0.1) is 0 Å². The van der Waals surface area contributed by atoms with Gasteiger partial charge >= 0.3 is 0 Å². The fourth-order valence-corrected chi connectivity index (χ4v) is 8.82. The molecule has 3 N–H and O–H groups in total. The number of benzene rings is 5. The molecule has 0 atom stereocenters. The average molecular weight is 1290 g/mol. The molecule has 2 aromatic heterocycles.